The van der Waals surface area contributed by atoms with Crippen LogP contribution in [0.5, 0.6) is 0 Å². The lowest BCUT2D eigenvalue weighted by atomic mass is 10.2. The number of hydrogen-bond acceptors (Lipinski definition) is 4. The minimum Gasteiger partial charge on any atom is -0.398 e. The van der Waals surface area contributed by atoms with E-state index in [2.05, 4.69) is 15.2 Å². The third-order valence-corrected chi connectivity index (χ3v) is 3.23. The minimum atomic E-state index is -0.140. The number of nitrogen functional groups attached to an aromatic ring is 1. The van der Waals surface area contributed by atoms with Crippen LogP contribution >= 0.6 is 0 Å². The Labute approximate surface area is 107 Å². The molecule has 2 heterocycles. The Kier molecular flexibility index (Phi) is 4.15. The van der Waals surface area contributed by atoms with Gasteiger partial charge in [0.2, 0.25) is 0 Å². The molecule has 0 saturated carbocycles. The van der Waals surface area contributed by atoms with Crippen molar-refractivity contribution in [1.29, 1.82) is 0 Å². The van der Waals surface area contributed by atoms with Crippen molar-refractivity contribution < 1.29 is 4.79 Å². The molecule has 1 aliphatic heterocycles. The average Bonchev–Trinajstić information content (AvgIpc) is 2.81. The number of pyridine rings is 1. The number of nitrogens with two attached hydrogens (primary N) is 1. The van der Waals surface area contributed by atoms with E-state index in [-0.39, 0.29) is 5.91 Å². The molecular weight excluding hydrogens is 228 g/mol. The normalized spacial score (nSPS) is 15.8. The van der Waals surface area contributed by atoms with Gasteiger partial charge in [0.15, 0.2) is 0 Å². The van der Waals surface area contributed by atoms with Crippen LogP contribution in [0.1, 0.15) is 28.9 Å². The first-order valence-corrected chi connectivity index (χ1v) is 6.39. The maximum absolute atomic E-state index is 11.9. The SMILES string of the molecule is Cc1cc(N)c(C(=O)NCCN2CCCC2)cn1. The van der Waals surface area contributed by atoms with Gasteiger partial charge in [0.1, 0.15) is 0 Å². The molecule has 0 unspecified atom stereocenters. The summed E-state index contributed by atoms with van der Waals surface area (Å²) in [5.74, 6) is -0.140. The van der Waals surface area contributed by atoms with E-state index in [9.17, 15) is 4.79 Å². The van der Waals surface area contributed by atoms with Crippen molar-refractivity contribution in [2.24, 2.45) is 0 Å². The van der Waals surface area contributed by atoms with E-state index in [4.69, 9.17) is 5.73 Å². The predicted molar refractivity (Wildman–Crippen MR) is 71.4 cm³/mol. The van der Waals surface area contributed by atoms with Crippen LogP contribution in [0.4, 0.5) is 5.69 Å². The number of hydrogen-bond donors (Lipinski definition) is 2. The van der Waals surface area contributed by atoms with E-state index in [1.165, 1.54) is 19.0 Å². The van der Waals surface area contributed by atoms with E-state index < -0.39 is 0 Å². The number of likely N-dealkylation sites (tertiary alicyclic amines) is 1. The Morgan fingerprint density at radius 1 is 1.50 bits per heavy atom. The second-order valence-corrected chi connectivity index (χ2v) is 4.72. The summed E-state index contributed by atoms with van der Waals surface area (Å²) in [5.41, 5.74) is 7.57. The number of carbonyl (C=O) groups excluding carboxylic acids is 1. The summed E-state index contributed by atoms with van der Waals surface area (Å²) in [6.45, 7) is 5.71. The summed E-state index contributed by atoms with van der Waals surface area (Å²) in [7, 11) is 0. The molecule has 0 aromatic carbocycles. The van der Waals surface area contributed by atoms with E-state index in [0.29, 0.717) is 17.8 Å². The molecule has 1 aliphatic rings. The predicted octanol–water partition coefficient (Wildman–Crippen LogP) is 0.798. The fourth-order valence-corrected chi connectivity index (χ4v) is 2.20. The molecular formula is C13H20N4O. The van der Waals surface area contributed by atoms with Crippen molar-refractivity contribution in [2.45, 2.75) is 19.8 Å². The monoisotopic (exact) mass is 248 g/mol. The Balaban J connectivity index is 1.83. The van der Waals surface area contributed by atoms with Gasteiger partial charge in [0.25, 0.3) is 5.91 Å². The molecule has 1 fully saturated rings. The average molecular weight is 248 g/mol. The van der Waals surface area contributed by atoms with Crippen molar-refractivity contribution in [1.82, 2.24) is 15.2 Å². The van der Waals surface area contributed by atoms with Crippen LogP contribution in [-0.2, 0) is 0 Å². The summed E-state index contributed by atoms with van der Waals surface area (Å²) < 4.78 is 0. The fourth-order valence-electron chi connectivity index (χ4n) is 2.20. The van der Waals surface area contributed by atoms with Gasteiger partial charge in [-0.1, -0.05) is 0 Å². The third kappa shape index (κ3) is 3.20. The van der Waals surface area contributed by atoms with Gasteiger partial charge >= 0.3 is 0 Å². The number of anilines is 1. The molecule has 3 N–H and O–H groups in total. The summed E-state index contributed by atoms with van der Waals surface area (Å²) >= 11 is 0. The van der Waals surface area contributed by atoms with Gasteiger partial charge in [0, 0.05) is 30.7 Å². The molecule has 0 radical (unpaired) electrons. The van der Waals surface area contributed by atoms with Crippen LogP contribution in [0.15, 0.2) is 12.3 Å². The lowest BCUT2D eigenvalue weighted by Crippen LogP contribution is -2.33. The first kappa shape index (κ1) is 12.8. The molecule has 1 aromatic heterocycles. The highest BCUT2D eigenvalue weighted by Crippen LogP contribution is 2.11. The molecule has 0 spiro atoms. The summed E-state index contributed by atoms with van der Waals surface area (Å²) in [6, 6.07) is 1.72. The van der Waals surface area contributed by atoms with E-state index in [1.807, 2.05) is 6.92 Å². The molecule has 1 amide bonds. The van der Waals surface area contributed by atoms with Crippen molar-refractivity contribution in [3.8, 4) is 0 Å². The van der Waals surface area contributed by atoms with Crippen LogP contribution < -0.4 is 11.1 Å². The Bertz CT molecular complexity index is 427. The van der Waals surface area contributed by atoms with Gasteiger partial charge in [-0.15, -0.1) is 0 Å². The van der Waals surface area contributed by atoms with E-state index >= 15 is 0 Å². The van der Waals surface area contributed by atoms with Crippen LogP contribution in [0.3, 0.4) is 0 Å². The highest BCUT2D eigenvalue weighted by molar-refractivity contribution is 5.98. The maximum atomic E-state index is 11.9. The number of nitrogens with zero attached hydrogens (tertiary/aromatic N) is 2. The fraction of sp³-hybridized carbons (Fsp3) is 0.538. The summed E-state index contributed by atoms with van der Waals surface area (Å²) in [5, 5.41) is 2.89. The first-order chi connectivity index (χ1) is 8.66. The maximum Gasteiger partial charge on any atom is 0.254 e. The smallest absolute Gasteiger partial charge is 0.254 e. The summed E-state index contributed by atoms with van der Waals surface area (Å²) in [6.07, 6.45) is 4.07. The molecule has 0 bridgehead atoms. The number of nitrogens with one attached hydrogen (secondary N) is 1. The number of amides is 1. The van der Waals surface area contributed by atoms with Gasteiger partial charge in [-0.2, -0.15) is 0 Å². The number of aromatic nitrogens is 1. The zero-order chi connectivity index (χ0) is 13.0. The molecule has 5 heteroatoms. The van der Waals surface area contributed by atoms with Gasteiger partial charge in [-0.05, 0) is 38.9 Å². The number of rotatable bonds is 4. The van der Waals surface area contributed by atoms with Gasteiger partial charge in [-0.3, -0.25) is 9.78 Å². The Hall–Kier alpha value is -1.62. The largest absolute Gasteiger partial charge is 0.398 e. The highest BCUT2D eigenvalue weighted by atomic mass is 16.1. The van der Waals surface area contributed by atoms with Gasteiger partial charge in [-0.25, -0.2) is 0 Å². The lowest BCUT2D eigenvalue weighted by Gasteiger charge is -2.15. The van der Waals surface area contributed by atoms with Gasteiger partial charge < -0.3 is 16.0 Å². The molecule has 2 rings (SSSR count). The van der Waals surface area contributed by atoms with Crippen LogP contribution in [0, 0.1) is 6.92 Å². The van der Waals surface area contributed by atoms with Crippen LogP contribution in [0.25, 0.3) is 0 Å². The molecule has 0 atom stereocenters. The van der Waals surface area contributed by atoms with Crippen LogP contribution in [0.2, 0.25) is 0 Å². The molecule has 1 saturated heterocycles. The highest BCUT2D eigenvalue weighted by Gasteiger charge is 2.13. The Morgan fingerprint density at radius 2 is 2.22 bits per heavy atom. The second-order valence-electron chi connectivity index (χ2n) is 4.72. The van der Waals surface area contributed by atoms with Crippen molar-refractivity contribution in [3.63, 3.8) is 0 Å². The molecule has 5 nitrogen and oxygen atoms in total. The standard InChI is InChI=1S/C13H20N4O/c1-10-8-12(14)11(9-16-10)13(18)15-4-7-17-5-2-3-6-17/h8-9H,2-7H2,1H3,(H2,14,16)(H,15,18). The molecule has 1 aromatic rings. The van der Waals surface area contributed by atoms with Crippen molar-refractivity contribution in [2.75, 3.05) is 31.9 Å². The molecule has 18 heavy (non-hydrogen) atoms. The van der Waals surface area contributed by atoms with Gasteiger partial charge in [0.05, 0.1) is 5.56 Å². The van der Waals surface area contributed by atoms with Crippen molar-refractivity contribution in [3.05, 3.63) is 23.5 Å². The lowest BCUT2D eigenvalue weighted by molar-refractivity contribution is 0.0950. The third-order valence-electron chi connectivity index (χ3n) is 3.23. The Morgan fingerprint density at radius 3 is 2.89 bits per heavy atom. The minimum absolute atomic E-state index is 0.140. The van der Waals surface area contributed by atoms with E-state index in [1.54, 1.807) is 6.07 Å². The molecule has 98 valence electrons. The number of carbonyl (C=O) groups is 1. The first-order valence-electron chi connectivity index (χ1n) is 6.39. The number of aryl methyl sites for hydroxylation is 1. The van der Waals surface area contributed by atoms with Crippen LogP contribution in [-0.4, -0.2) is 42.0 Å². The summed E-state index contributed by atoms with van der Waals surface area (Å²) in [4.78, 5) is 18.4. The zero-order valence-corrected chi connectivity index (χ0v) is 10.8. The second kappa shape index (κ2) is 5.82. The zero-order valence-electron chi connectivity index (χ0n) is 10.8. The van der Waals surface area contributed by atoms with E-state index in [0.717, 1.165) is 25.3 Å². The quantitative estimate of drug-likeness (QED) is 0.826. The van der Waals surface area contributed by atoms with Crippen molar-refractivity contribution >= 4 is 11.6 Å². The topological polar surface area (TPSA) is 71.2 Å². The molecule has 0 aliphatic carbocycles.